The molecule has 0 amide bonds. The maximum Gasteiger partial charge on any atom is 0.120 e. The molecule has 2 aliphatic heterocycles. The number of ether oxygens (including phenoxy) is 4. The van der Waals surface area contributed by atoms with E-state index in [9.17, 15) is 0 Å². The zero-order chi connectivity index (χ0) is 28.6. The highest BCUT2D eigenvalue weighted by molar-refractivity contribution is 5.95. The van der Waals surface area contributed by atoms with Crippen molar-refractivity contribution in [3.8, 4) is 33.8 Å². The van der Waals surface area contributed by atoms with E-state index in [1.807, 2.05) is 0 Å². The Bertz CT molecular complexity index is 1500. The molecule has 8 rings (SSSR count). The molecule has 0 atom stereocenters. The van der Waals surface area contributed by atoms with Gasteiger partial charge in [0.2, 0.25) is 0 Å². The van der Waals surface area contributed by atoms with Crippen molar-refractivity contribution in [1.82, 2.24) is 9.80 Å². The third-order valence-electron chi connectivity index (χ3n) is 9.59. The van der Waals surface area contributed by atoms with Crippen LogP contribution in [0.1, 0.15) is 22.3 Å². The molecule has 0 saturated carbocycles. The molecule has 4 aromatic rings. The van der Waals surface area contributed by atoms with Crippen LogP contribution in [0.3, 0.4) is 0 Å². The average molecular weight is 575 g/mol. The van der Waals surface area contributed by atoms with Gasteiger partial charge in [0.05, 0.1) is 31.8 Å². The minimum absolute atomic E-state index is 0.365. The lowest BCUT2D eigenvalue weighted by molar-refractivity contribution is 0.0321. The van der Waals surface area contributed by atoms with Gasteiger partial charge >= 0.3 is 0 Å². The lowest BCUT2D eigenvalue weighted by atomic mass is 9.70. The van der Waals surface area contributed by atoms with Crippen LogP contribution in [0, 0.1) is 0 Å². The molecular weight excluding hydrogens is 536 g/mol. The van der Waals surface area contributed by atoms with E-state index in [0.717, 1.165) is 77.2 Å². The van der Waals surface area contributed by atoms with Gasteiger partial charge in [0, 0.05) is 39.3 Å². The van der Waals surface area contributed by atoms with Crippen LogP contribution in [0.5, 0.6) is 11.5 Å². The van der Waals surface area contributed by atoms with Gasteiger partial charge in [-0.25, -0.2) is 0 Å². The molecule has 2 fully saturated rings. The van der Waals surface area contributed by atoms with Gasteiger partial charge in [-0.3, -0.25) is 9.80 Å². The van der Waals surface area contributed by atoms with Gasteiger partial charge in [0.15, 0.2) is 0 Å². The first kappa shape index (κ1) is 26.9. The normalized spacial score (nSPS) is 18.6. The van der Waals surface area contributed by atoms with Gasteiger partial charge in [0.25, 0.3) is 0 Å². The van der Waals surface area contributed by atoms with Crippen LogP contribution in [0.15, 0.2) is 84.9 Å². The standard InChI is InChI=1S/C37H38N2O4/c1-3-7-33-29(5-1)30-6-2-4-8-34(30)37(33)35-11-9-27(42-23-17-38-13-19-40-20-14-38)25-31(35)32-26-28(10-12-36(32)37)43-24-18-39-15-21-41-22-16-39/h1-12,25-26H,13-24H2. The van der Waals surface area contributed by atoms with E-state index in [1.165, 1.54) is 44.5 Å². The smallest absolute Gasteiger partial charge is 0.120 e. The number of nitrogens with zero attached hydrogens (tertiary/aromatic N) is 2. The second-order valence-corrected chi connectivity index (χ2v) is 11.9. The van der Waals surface area contributed by atoms with E-state index in [0.29, 0.717) is 13.2 Å². The Kier molecular flexibility index (Phi) is 7.16. The van der Waals surface area contributed by atoms with Crippen LogP contribution >= 0.6 is 0 Å². The van der Waals surface area contributed by atoms with Crippen LogP contribution < -0.4 is 9.47 Å². The summed E-state index contributed by atoms with van der Waals surface area (Å²) in [7, 11) is 0. The minimum Gasteiger partial charge on any atom is -0.492 e. The molecule has 0 bridgehead atoms. The van der Waals surface area contributed by atoms with E-state index in [1.54, 1.807) is 0 Å². The summed E-state index contributed by atoms with van der Waals surface area (Å²) in [5, 5.41) is 0. The molecule has 220 valence electrons. The maximum absolute atomic E-state index is 6.37. The lowest BCUT2D eigenvalue weighted by Crippen LogP contribution is -2.38. The number of hydrogen-bond donors (Lipinski definition) is 0. The highest BCUT2D eigenvalue weighted by atomic mass is 16.5. The topological polar surface area (TPSA) is 43.4 Å². The first-order chi connectivity index (χ1) is 21.3. The number of fused-ring (bicyclic) bond motifs is 10. The van der Waals surface area contributed by atoms with Crippen LogP contribution in [0.25, 0.3) is 22.3 Å². The minimum atomic E-state index is -0.365. The maximum atomic E-state index is 6.37. The Labute approximate surface area is 253 Å². The van der Waals surface area contributed by atoms with E-state index in [4.69, 9.17) is 18.9 Å². The van der Waals surface area contributed by atoms with Crippen molar-refractivity contribution in [1.29, 1.82) is 0 Å². The molecule has 4 aromatic carbocycles. The average Bonchev–Trinajstić information content (AvgIpc) is 3.52. The Morgan fingerprint density at radius 3 is 1.40 bits per heavy atom. The Hall–Kier alpha value is -3.68. The predicted molar refractivity (Wildman–Crippen MR) is 168 cm³/mol. The van der Waals surface area contributed by atoms with Crippen molar-refractivity contribution in [2.24, 2.45) is 0 Å². The molecule has 6 nitrogen and oxygen atoms in total. The largest absolute Gasteiger partial charge is 0.492 e. The number of benzene rings is 4. The van der Waals surface area contributed by atoms with Crippen molar-refractivity contribution in [2.45, 2.75) is 5.41 Å². The second kappa shape index (κ2) is 11.4. The molecule has 0 aromatic heterocycles. The summed E-state index contributed by atoms with van der Waals surface area (Å²) in [5.74, 6) is 1.82. The SMILES string of the molecule is c1ccc2c(c1)-c1ccccc1C21c2ccc(OCCN3CCOCC3)cc2-c2cc(OCCN3CCOCC3)ccc21. The highest BCUT2D eigenvalue weighted by Crippen LogP contribution is 2.63. The summed E-state index contributed by atoms with van der Waals surface area (Å²) in [6, 6.07) is 31.3. The fraction of sp³-hybridized carbons (Fsp3) is 0.351. The Morgan fingerprint density at radius 2 is 0.930 bits per heavy atom. The van der Waals surface area contributed by atoms with Gasteiger partial charge < -0.3 is 18.9 Å². The molecule has 43 heavy (non-hydrogen) atoms. The van der Waals surface area contributed by atoms with Crippen molar-refractivity contribution in [3.05, 3.63) is 107 Å². The van der Waals surface area contributed by atoms with E-state index in [2.05, 4.69) is 94.7 Å². The molecule has 0 N–H and O–H groups in total. The van der Waals surface area contributed by atoms with E-state index >= 15 is 0 Å². The number of hydrogen-bond acceptors (Lipinski definition) is 6. The molecule has 0 radical (unpaired) electrons. The van der Waals surface area contributed by atoms with Crippen molar-refractivity contribution in [2.75, 3.05) is 78.9 Å². The van der Waals surface area contributed by atoms with Crippen LogP contribution in [-0.4, -0.2) is 88.7 Å². The summed E-state index contributed by atoms with van der Waals surface area (Å²) in [4.78, 5) is 4.82. The summed E-state index contributed by atoms with van der Waals surface area (Å²) in [5.41, 5.74) is 10.0. The molecule has 2 heterocycles. The molecule has 1 spiro atoms. The lowest BCUT2D eigenvalue weighted by Gasteiger charge is -2.30. The number of morpholine rings is 2. The highest BCUT2D eigenvalue weighted by Gasteiger charge is 2.51. The summed E-state index contributed by atoms with van der Waals surface area (Å²) in [6.07, 6.45) is 0. The Balaban J connectivity index is 1.17. The van der Waals surface area contributed by atoms with Gasteiger partial charge in [-0.15, -0.1) is 0 Å². The van der Waals surface area contributed by atoms with Crippen LogP contribution in [0.4, 0.5) is 0 Å². The van der Waals surface area contributed by atoms with Gasteiger partial charge in [-0.05, 0) is 68.8 Å². The summed E-state index contributed by atoms with van der Waals surface area (Å²) < 4.78 is 23.8. The van der Waals surface area contributed by atoms with Gasteiger partial charge in [-0.1, -0.05) is 60.7 Å². The Morgan fingerprint density at radius 1 is 0.512 bits per heavy atom. The van der Waals surface area contributed by atoms with E-state index < -0.39 is 0 Å². The first-order valence-corrected chi connectivity index (χ1v) is 15.7. The molecule has 6 heteroatoms. The predicted octanol–water partition coefficient (Wildman–Crippen LogP) is 5.45. The van der Waals surface area contributed by atoms with Crippen molar-refractivity contribution < 1.29 is 18.9 Å². The van der Waals surface area contributed by atoms with Crippen molar-refractivity contribution in [3.63, 3.8) is 0 Å². The third kappa shape index (κ3) is 4.64. The fourth-order valence-electron chi connectivity index (χ4n) is 7.52. The van der Waals surface area contributed by atoms with Gasteiger partial charge in [-0.2, -0.15) is 0 Å². The zero-order valence-electron chi connectivity index (χ0n) is 24.6. The monoisotopic (exact) mass is 574 g/mol. The molecule has 4 aliphatic rings. The molecular formula is C37H38N2O4. The quantitative estimate of drug-likeness (QED) is 0.241. The zero-order valence-corrected chi connectivity index (χ0v) is 24.6. The van der Waals surface area contributed by atoms with Crippen LogP contribution in [-0.2, 0) is 14.9 Å². The van der Waals surface area contributed by atoms with Gasteiger partial charge in [0.1, 0.15) is 24.7 Å². The molecule has 0 unspecified atom stereocenters. The second-order valence-electron chi connectivity index (χ2n) is 11.9. The third-order valence-corrected chi connectivity index (χ3v) is 9.59. The fourth-order valence-corrected chi connectivity index (χ4v) is 7.52. The summed E-state index contributed by atoms with van der Waals surface area (Å²) >= 11 is 0. The molecule has 2 aliphatic carbocycles. The van der Waals surface area contributed by atoms with Crippen molar-refractivity contribution >= 4 is 0 Å². The summed E-state index contributed by atoms with van der Waals surface area (Å²) in [6.45, 7) is 10.2. The van der Waals surface area contributed by atoms with E-state index in [-0.39, 0.29) is 5.41 Å². The first-order valence-electron chi connectivity index (χ1n) is 15.7. The number of rotatable bonds is 8. The van der Waals surface area contributed by atoms with Crippen LogP contribution in [0.2, 0.25) is 0 Å². The molecule has 2 saturated heterocycles.